The van der Waals surface area contributed by atoms with Crippen molar-refractivity contribution < 1.29 is 56.4 Å². The molecule has 3 aromatic rings. The second kappa shape index (κ2) is 26.4. The summed E-state index contributed by atoms with van der Waals surface area (Å²) in [6.45, 7) is 12.2. The Morgan fingerprint density at radius 2 is 0.793 bits per heavy atom. The lowest BCUT2D eigenvalue weighted by Crippen LogP contribution is -2.12. The van der Waals surface area contributed by atoms with E-state index in [4.69, 9.17) is 28.4 Å². The molecule has 0 saturated carbocycles. The quantitative estimate of drug-likeness (QED) is 0.0303. The predicted octanol–water partition coefficient (Wildman–Crippen LogP) is 10.9. The number of esters is 4. The van der Waals surface area contributed by atoms with Crippen LogP contribution in [0.25, 0.3) is 0 Å². The Kier molecular flexibility index (Phi) is 21.3. The summed E-state index contributed by atoms with van der Waals surface area (Å²) in [6.07, 6.45) is 13.8. The summed E-state index contributed by atoms with van der Waals surface area (Å²) in [6, 6.07) is 13.8. The molecule has 0 heterocycles. The fraction of sp³-hybridized carbons (Fsp3) is 0.435. The van der Waals surface area contributed by atoms with Crippen molar-refractivity contribution in [1.29, 1.82) is 0 Å². The first-order valence-electron chi connectivity index (χ1n) is 20.0. The zero-order chi connectivity index (χ0) is 42.1. The van der Waals surface area contributed by atoms with E-state index in [9.17, 15) is 28.0 Å². The average Bonchev–Trinajstić information content (AvgIpc) is 3.20. The molecule has 3 rings (SSSR count). The number of unbranched alkanes of at least 4 members (excludes halogenated alkanes) is 12. The number of hydrogen-bond donors (Lipinski definition) is 0. The lowest BCUT2D eigenvalue weighted by atomic mass is 10.1. The summed E-state index contributed by atoms with van der Waals surface area (Å²) in [4.78, 5) is 48.1. The van der Waals surface area contributed by atoms with Crippen LogP contribution in [0.5, 0.6) is 23.0 Å². The molecular formula is C46H56F2O10. The molecule has 58 heavy (non-hydrogen) atoms. The number of hydrogen-bond acceptors (Lipinski definition) is 10. The van der Waals surface area contributed by atoms with E-state index in [2.05, 4.69) is 13.2 Å². The first-order chi connectivity index (χ1) is 27.9. The second-order valence-electron chi connectivity index (χ2n) is 14.0. The van der Waals surface area contributed by atoms with E-state index < -0.39 is 35.1 Å². The lowest BCUT2D eigenvalue weighted by Gasteiger charge is -2.11. The molecule has 0 saturated heterocycles. The van der Waals surface area contributed by atoms with Crippen molar-refractivity contribution in [3.05, 3.63) is 108 Å². The maximum Gasteiger partial charge on any atom is 0.343 e. The van der Waals surface area contributed by atoms with Crippen LogP contribution in [0.15, 0.2) is 85.0 Å². The van der Waals surface area contributed by atoms with Crippen molar-refractivity contribution in [2.24, 2.45) is 0 Å². The van der Waals surface area contributed by atoms with E-state index in [1.165, 1.54) is 24.3 Å². The number of carbonyl (C=O) groups is 4. The van der Waals surface area contributed by atoms with Gasteiger partial charge in [0.25, 0.3) is 0 Å². The van der Waals surface area contributed by atoms with E-state index >= 15 is 0 Å². The van der Waals surface area contributed by atoms with Crippen molar-refractivity contribution in [3.8, 4) is 23.0 Å². The molecule has 0 aromatic heterocycles. The third-order valence-electron chi connectivity index (χ3n) is 8.84. The Hall–Kier alpha value is -5.52. The summed E-state index contributed by atoms with van der Waals surface area (Å²) < 4.78 is 61.6. The summed E-state index contributed by atoms with van der Waals surface area (Å²) >= 11 is 0. The molecule has 0 aliphatic carbocycles. The van der Waals surface area contributed by atoms with Gasteiger partial charge in [-0.3, -0.25) is 0 Å². The normalized spacial score (nSPS) is 10.7. The number of halogens is 2. The molecule has 0 fully saturated rings. The van der Waals surface area contributed by atoms with Gasteiger partial charge < -0.3 is 28.4 Å². The molecule has 0 aliphatic rings. The predicted molar refractivity (Wildman–Crippen MR) is 216 cm³/mol. The Balaban J connectivity index is 1.30. The van der Waals surface area contributed by atoms with Crippen LogP contribution in [0.1, 0.15) is 124 Å². The molecule has 0 N–H and O–H groups in total. The summed E-state index contributed by atoms with van der Waals surface area (Å²) in [5.74, 6) is -5.15. The number of ether oxygens (including phenoxy) is 6. The van der Waals surface area contributed by atoms with Crippen LogP contribution >= 0.6 is 0 Å². The molecular weight excluding hydrogens is 750 g/mol. The van der Waals surface area contributed by atoms with Gasteiger partial charge in [0, 0.05) is 23.3 Å². The number of rotatable bonds is 28. The third kappa shape index (κ3) is 18.2. The van der Waals surface area contributed by atoms with Gasteiger partial charge in [-0.15, -0.1) is 0 Å². The maximum absolute atomic E-state index is 14.9. The van der Waals surface area contributed by atoms with Gasteiger partial charge in [-0.2, -0.15) is 0 Å². The van der Waals surface area contributed by atoms with Crippen molar-refractivity contribution in [2.75, 3.05) is 26.4 Å². The van der Waals surface area contributed by atoms with Crippen molar-refractivity contribution in [1.82, 2.24) is 0 Å². The van der Waals surface area contributed by atoms with E-state index in [-0.39, 0.29) is 23.1 Å². The van der Waals surface area contributed by atoms with Gasteiger partial charge in [-0.1, -0.05) is 77.4 Å². The second-order valence-corrected chi connectivity index (χ2v) is 14.0. The average molecular weight is 807 g/mol. The van der Waals surface area contributed by atoms with E-state index in [1.54, 1.807) is 38.1 Å². The minimum atomic E-state index is -1.22. The molecule has 10 nitrogen and oxygen atoms in total. The highest BCUT2D eigenvalue weighted by molar-refractivity contribution is 5.92. The molecule has 0 radical (unpaired) electrons. The minimum Gasteiger partial charge on any atom is -0.494 e. The molecule has 314 valence electrons. The molecule has 12 heteroatoms. The first kappa shape index (κ1) is 46.9. The highest BCUT2D eigenvalue weighted by atomic mass is 19.1. The largest absolute Gasteiger partial charge is 0.494 e. The van der Waals surface area contributed by atoms with Crippen molar-refractivity contribution in [2.45, 2.75) is 104 Å². The van der Waals surface area contributed by atoms with E-state index in [0.29, 0.717) is 49.1 Å². The topological polar surface area (TPSA) is 124 Å². The van der Waals surface area contributed by atoms with Crippen LogP contribution in [0.2, 0.25) is 0 Å². The van der Waals surface area contributed by atoms with E-state index in [1.807, 2.05) is 0 Å². The van der Waals surface area contributed by atoms with Gasteiger partial charge in [-0.25, -0.2) is 28.0 Å². The standard InChI is InChI=1S/C46H56F2O10/c1-33(2)43(49)55-29-17-13-9-5-7-11-15-27-53-37-23-19-35(20-24-37)45(51)57-39-31-40(47)42(41(48)32-39)58-46(52)36-21-25-38(26-22-36)54-28-16-12-8-6-10-14-18-30-56-44(50)34(3)4/h19-26,31-32H,1,3,5-18,27-30H2,2,4H3. The van der Waals surface area contributed by atoms with Gasteiger partial charge in [-0.05, 0) is 88.1 Å². The minimum absolute atomic E-state index is 0.0625. The molecule has 0 atom stereocenters. The molecule has 0 aliphatic heterocycles. The molecule has 0 spiro atoms. The highest BCUT2D eigenvalue weighted by Crippen LogP contribution is 2.29. The van der Waals surface area contributed by atoms with Crippen LogP contribution in [-0.2, 0) is 19.1 Å². The smallest absolute Gasteiger partial charge is 0.343 e. The lowest BCUT2D eigenvalue weighted by molar-refractivity contribution is -0.139. The Bertz CT molecular complexity index is 1760. The van der Waals surface area contributed by atoms with Gasteiger partial charge in [0.1, 0.15) is 17.2 Å². The van der Waals surface area contributed by atoms with Crippen LogP contribution in [0.3, 0.4) is 0 Å². The molecule has 3 aromatic carbocycles. The van der Waals surface area contributed by atoms with E-state index in [0.717, 1.165) is 102 Å². The summed E-state index contributed by atoms with van der Waals surface area (Å²) in [5.41, 5.74) is 1.02. The number of carbonyl (C=O) groups excluding carboxylic acids is 4. The third-order valence-corrected chi connectivity index (χ3v) is 8.84. The SMILES string of the molecule is C=C(C)C(=O)OCCCCCCCCCOc1ccc(C(=O)Oc2cc(F)c(OC(=O)c3ccc(OCCCCCCCCCOC(=O)C(=C)C)cc3)c(F)c2)cc1. The Morgan fingerprint density at radius 1 is 0.466 bits per heavy atom. The monoisotopic (exact) mass is 806 g/mol. The van der Waals surface area contributed by atoms with Crippen molar-refractivity contribution >= 4 is 23.9 Å². The van der Waals surface area contributed by atoms with Gasteiger partial charge in [0.2, 0.25) is 5.75 Å². The van der Waals surface area contributed by atoms with Crippen LogP contribution in [0.4, 0.5) is 8.78 Å². The summed E-state index contributed by atoms with van der Waals surface area (Å²) in [7, 11) is 0. The fourth-order valence-electron chi connectivity index (χ4n) is 5.52. The first-order valence-corrected chi connectivity index (χ1v) is 20.0. The zero-order valence-electron chi connectivity index (χ0n) is 33.8. The number of benzene rings is 3. The molecule has 0 bridgehead atoms. The molecule has 0 amide bonds. The van der Waals surface area contributed by atoms with Crippen LogP contribution in [-0.4, -0.2) is 50.3 Å². The highest BCUT2D eigenvalue weighted by Gasteiger charge is 2.20. The zero-order valence-corrected chi connectivity index (χ0v) is 33.8. The van der Waals surface area contributed by atoms with Crippen LogP contribution in [0, 0.1) is 11.6 Å². The summed E-state index contributed by atoms with van der Waals surface area (Å²) in [5, 5.41) is 0. The van der Waals surface area contributed by atoms with Crippen LogP contribution < -0.4 is 18.9 Å². The van der Waals surface area contributed by atoms with Crippen molar-refractivity contribution in [3.63, 3.8) is 0 Å². The Labute approximate surface area is 340 Å². The molecule has 0 unspecified atom stereocenters. The Morgan fingerprint density at radius 3 is 1.16 bits per heavy atom. The van der Waals surface area contributed by atoms with Gasteiger partial charge in [0.05, 0.1) is 37.6 Å². The maximum atomic E-state index is 14.9. The fourth-order valence-corrected chi connectivity index (χ4v) is 5.52. The van der Waals surface area contributed by atoms with Gasteiger partial charge in [0.15, 0.2) is 11.6 Å². The van der Waals surface area contributed by atoms with Gasteiger partial charge >= 0.3 is 23.9 Å².